The molecule has 0 aliphatic heterocycles. The van der Waals surface area contributed by atoms with Crippen LogP contribution in [0.15, 0.2) is 134 Å². The van der Waals surface area contributed by atoms with Crippen molar-refractivity contribution in [1.29, 1.82) is 0 Å². The van der Waals surface area contributed by atoms with Crippen LogP contribution < -0.4 is 5.32 Å². The van der Waals surface area contributed by atoms with Gasteiger partial charge in [-0.3, -0.25) is 13.8 Å². The first-order valence-electron chi connectivity index (χ1n) is 31.6. The van der Waals surface area contributed by atoms with E-state index in [-0.39, 0.29) is 19.1 Å². The van der Waals surface area contributed by atoms with E-state index in [0.717, 1.165) is 96.3 Å². The zero-order valence-electron chi connectivity index (χ0n) is 50.9. The van der Waals surface area contributed by atoms with Gasteiger partial charge in [-0.15, -0.1) is 0 Å². The van der Waals surface area contributed by atoms with Crippen molar-refractivity contribution < 1.29 is 32.9 Å². The molecule has 0 spiro atoms. The zero-order valence-corrected chi connectivity index (χ0v) is 51.7. The Bertz CT molecular complexity index is 1730. The normalized spacial score (nSPS) is 14.7. The van der Waals surface area contributed by atoms with Gasteiger partial charge in [-0.2, -0.15) is 0 Å². The van der Waals surface area contributed by atoms with Gasteiger partial charge in [0, 0.05) is 6.42 Å². The van der Waals surface area contributed by atoms with Crippen LogP contribution in [0.25, 0.3) is 0 Å². The van der Waals surface area contributed by atoms with Crippen LogP contribution >= 0.6 is 7.82 Å². The molecule has 0 bridgehead atoms. The van der Waals surface area contributed by atoms with E-state index in [1.807, 2.05) is 27.2 Å². The molecule has 0 aliphatic rings. The monoisotopic (exact) mass is 1100 g/mol. The molecule has 3 unspecified atom stereocenters. The molecule has 0 aromatic rings. The Morgan fingerprint density at radius 1 is 0.449 bits per heavy atom. The second-order valence-corrected chi connectivity index (χ2v) is 23.5. The summed E-state index contributed by atoms with van der Waals surface area (Å²) < 4.78 is 23.7. The van der Waals surface area contributed by atoms with Crippen LogP contribution in [0.4, 0.5) is 0 Å². The Labute approximate surface area is 481 Å². The van der Waals surface area contributed by atoms with Crippen molar-refractivity contribution in [2.75, 3.05) is 40.9 Å². The van der Waals surface area contributed by atoms with Gasteiger partial charge in [0.1, 0.15) is 13.2 Å². The Morgan fingerprint density at radius 2 is 0.782 bits per heavy atom. The fourth-order valence-corrected chi connectivity index (χ4v) is 9.20. The predicted molar refractivity (Wildman–Crippen MR) is 341 cm³/mol. The number of allylic oxidation sites excluding steroid dienone is 21. The summed E-state index contributed by atoms with van der Waals surface area (Å²) in [4.78, 5) is 23.3. The summed E-state index contributed by atoms with van der Waals surface area (Å²) in [6.07, 6.45) is 88.6. The Balaban J connectivity index is 4.07. The predicted octanol–water partition coefficient (Wildman–Crippen LogP) is 19.9. The van der Waals surface area contributed by atoms with Crippen molar-refractivity contribution in [3.63, 3.8) is 0 Å². The van der Waals surface area contributed by atoms with Crippen molar-refractivity contribution >= 4 is 13.7 Å². The van der Waals surface area contributed by atoms with Gasteiger partial charge in [0.2, 0.25) is 5.91 Å². The van der Waals surface area contributed by atoms with Crippen LogP contribution in [-0.2, 0) is 18.4 Å². The number of likely N-dealkylation sites (N-methyl/N-ethyl adjacent to an activating group) is 1. The Hall–Kier alpha value is -3.36. The van der Waals surface area contributed by atoms with Gasteiger partial charge in [0.25, 0.3) is 0 Å². The van der Waals surface area contributed by atoms with E-state index in [1.165, 1.54) is 128 Å². The van der Waals surface area contributed by atoms with Crippen LogP contribution in [0.1, 0.15) is 245 Å². The molecule has 0 rings (SSSR count). The Kier molecular flexibility index (Phi) is 55.8. The molecule has 3 N–H and O–H groups in total. The van der Waals surface area contributed by atoms with Crippen LogP contribution in [0.5, 0.6) is 0 Å². The number of carbonyl (C=O) groups excluding carboxylic acids is 1. The summed E-state index contributed by atoms with van der Waals surface area (Å²) in [5.41, 5.74) is 0. The molecule has 0 saturated carbocycles. The van der Waals surface area contributed by atoms with Crippen molar-refractivity contribution in [2.24, 2.45) is 0 Å². The lowest BCUT2D eigenvalue weighted by molar-refractivity contribution is -0.870. The first-order valence-corrected chi connectivity index (χ1v) is 33.1. The summed E-state index contributed by atoms with van der Waals surface area (Å²) in [6, 6.07) is -0.871. The fourth-order valence-electron chi connectivity index (χ4n) is 8.46. The number of nitrogens with zero attached hydrogens (tertiary/aromatic N) is 1. The van der Waals surface area contributed by atoms with Crippen LogP contribution in [0.3, 0.4) is 0 Å². The molecule has 1 amide bonds. The van der Waals surface area contributed by atoms with E-state index in [9.17, 15) is 19.4 Å². The van der Waals surface area contributed by atoms with Gasteiger partial charge in [-0.1, -0.05) is 270 Å². The highest BCUT2D eigenvalue weighted by atomic mass is 31.2. The molecule has 0 fully saturated rings. The second kappa shape index (κ2) is 58.3. The number of phosphoric acid groups is 1. The minimum atomic E-state index is -4.36. The number of amides is 1. The number of quaternary nitrogens is 1. The number of aliphatic hydroxyl groups excluding tert-OH is 1. The van der Waals surface area contributed by atoms with Crippen molar-refractivity contribution in [3.05, 3.63) is 134 Å². The van der Waals surface area contributed by atoms with Gasteiger partial charge >= 0.3 is 7.82 Å². The molecule has 9 heteroatoms. The molecule has 8 nitrogen and oxygen atoms in total. The highest BCUT2D eigenvalue weighted by Crippen LogP contribution is 2.43. The largest absolute Gasteiger partial charge is 0.472 e. The maximum atomic E-state index is 13.0. The lowest BCUT2D eigenvalue weighted by atomic mass is 10.0. The number of rotatable bonds is 56. The molecule has 0 saturated heterocycles. The molecular formula is C69H120N2O6P+. The maximum Gasteiger partial charge on any atom is 0.472 e. The number of hydrogen-bond donors (Lipinski definition) is 3. The maximum absolute atomic E-state index is 13.0. The van der Waals surface area contributed by atoms with E-state index in [1.54, 1.807) is 6.08 Å². The summed E-state index contributed by atoms with van der Waals surface area (Å²) in [5.74, 6) is -0.193. The van der Waals surface area contributed by atoms with E-state index >= 15 is 0 Å². The average Bonchev–Trinajstić information content (AvgIpc) is 3.41. The third kappa shape index (κ3) is 60.3. The van der Waals surface area contributed by atoms with Gasteiger partial charge in [-0.25, -0.2) is 4.57 Å². The average molecular weight is 1100 g/mol. The van der Waals surface area contributed by atoms with Crippen molar-refractivity contribution in [2.45, 2.75) is 257 Å². The highest BCUT2D eigenvalue weighted by Gasteiger charge is 2.27. The zero-order chi connectivity index (χ0) is 57.0. The lowest BCUT2D eigenvalue weighted by Gasteiger charge is -2.25. The highest BCUT2D eigenvalue weighted by molar-refractivity contribution is 7.47. The Morgan fingerprint density at radius 3 is 1.18 bits per heavy atom. The standard InChI is InChI=1S/C69H119N2O6P/c1-6-8-10-12-14-16-18-20-22-23-24-25-26-27-28-29-30-31-32-33-34-35-36-37-38-39-40-41-42-43-44-45-46-47-49-51-53-55-57-59-61-63-69(73)70-67(66-77-78(74,75)76-65-64-71(3,4)5)68(72)62-60-58-56-54-52-50-48-21-19-17-15-13-11-9-7-2/h8,10,14,16,20,22,24-25,27-28,30-31,33-34,36-37,39-40,52,54,60,62,67-68,72H,6-7,9,11-13,15,17-19,21,23,26,29,32,35,38,41-51,53,55-59,61,63-66H2,1-5H3,(H-,70,73,74,75)/p+1/b10-8-,16-14-,22-20-,25-24-,28-27-,31-30-,34-33-,37-36-,40-39-,54-52+,62-60+. The van der Waals surface area contributed by atoms with E-state index < -0.39 is 20.0 Å². The summed E-state index contributed by atoms with van der Waals surface area (Å²) in [7, 11) is 1.54. The van der Waals surface area contributed by atoms with Crippen LogP contribution in [-0.4, -0.2) is 73.4 Å². The first-order chi connectivity index (χ1) is 38.0. The van der Waals surface area contributed by atoms with Gasteiger partial charge in [-0.05, 0) is 103 Å². The van der Waals surface area contributed by atoms with Gasteiger partial charge in [0.15, 0.2) is 0 Å². The minimum Gasteiger partial charge on any atom is -0.387 e. The SMILES string of the molecule is CC/C=C\C/C=C\C/C=C\C/C=C\C/C=C\C/C=C\C/C=C\C/C=C\C/C=C\CCCCCCCCCCCCCCCC(=O)NC(COP(=O)(O)OCC[N+](C)(C)C)C(O)/C=C/CC/C=C/CCCCCCCCCCC. The molecule has 78 heavy (non-hydrogen) atoms. The van der Waals surface area contributed by atoms with E-state index in [4.69, 9.17) is 9.05 Å². The summed E-state index contributed by atoms with van der Waals surface area (Å²) in [6.45, 7) is 4.67. The number of unbranched alkanes of at least 4 members (excludes halogenated alkanes) is 23. The van der Waals surface area contributed by atoms with Crippen molar-refractivity contribution in [3.8, 4) is 0 Å². The number of hydrogen-bond acceptors (Lipinski definition) is 5. The minimum absolute atomic E-state index is 0.0509. The molecule has 446 valence electrons. The third-order valence-electron chi connectivity index (χ3n) is 13.4. The first kappa shape index (κ1) is 74.6. The fraction of sp³-hybridized carbons (Fsp3) is 0.667. The number of nitrogens with one attached hydrogen (secondary N) is 1. The molecular weight excluding hydrogens is 984 g/mol. The van der Waals surface area contributed by atoms with Gasteiger partial charge in [0.05, 0.1) is 39.9 Å². The van der Waals surface area contributed by atoms with Crippen molar-refractivity contribution in [1.82, 2.24) is 5.32 Å². The molecule has 0 heterocycles. The third-order valence-corrected chi connectivity index (χ3v) is 14.3. The number of aliphatic hydroxyl groups is 1. The summed E-state index contributed by atoms with van der Waals surface area (Å²) >= 11 is 0. The molecule has 0 radical (unpaired) electrons. The number of carbonyl (C=O) groups is 1. The molecule has 3 atom stereocenters. The summed E-state index contributed by atoms with van der Waals surface area (Å²) in [5, 5.41) is 13.9. The van der Waals surface area contributed by atoms with E-state index in [2.05, 4.69) is 141 Å². The van der Waals surface area contributed by atoms with E-state index in [0.29, 0.717) is 17.4 Å². The smallest absolute Gasteiger partial charge is 0.387 e. The topological polar surface area (TPSA) is 105 Å². The molecule has 0 aliphatic carbocycles. The molecule has 0 aromatic carbocycles. The van der Waals surface area contributed by atoms with Crippen LogP contribution in [0, 0.1) is 0 Å². The lowest BCUT2D eigenvalue weighted by Crippen LogP contribution is -2.45. The van der Waals surface area contributed by atoms with Gasteiger partial charge < -0.3 is 19.8 Å². The quantitative estimate of drug-likeness (QED) is 0.0243. The second-order valence-electron chi connectivity index (χ2n) is 22.0. The number of phosphoric ester groups is 1. The molecule has 0 aromatic heterocycles. The van der Waals surface area contributed by atoms with Crippen LogP contribution in [0.2, 0.25) is 0 Å².